The maximum Gasteiger partial charge on any atom is 0.231 e. The fraction of sp³-hybridized carbons (Fsp3) is 0.533. The van der Waals surface area contributed by atoms with Gasteiger partial charge in [0.2, 0.25) is 5.91 Å². The summed E-state index contributed by atoms with van der Waals surface area (Å²) in [5, 5.41) is 3.01. The van der Waals surface area contributed by atoms with E-state index in [-0.39, 0.29) is 5.91 Å². The molecule has 106 valence electrons. The summed E-state index contributed by atoms with van der Waals surface area (Å²) in [6.45, 7) is 11.4. The molecule has 0 aliphatic carbocycles. The van der Waals surface area contributed by atoms with Crippen LogP contribution in [0.2, 0.25) is 0 Å². The molecular weight excluding hydrogens is 304 g/mol. The Labute approximate surface area is 124 Å². The Morgan fingerprint density at radius 3 is 1.95 bits per heavy atom. The van der Waals surface area contributed by atoms with Crippen LogP contribution in [0, 0.1) is 19.3 Å². The van der Waals surface area contributed by atoms with Crippen molar-refractivity contribution < 1.29 is 4.79 Å². The van der Waals surface area contributed by atoms with Gasteiger partial charge in [0.05, 0.1) is 5.41 Å². The van der Waals surface area contributed by atoms with Crippen LogP contribution in [-0.4, -0.2) is 11.4 Å². The summed E-state index contributed by atoms with van der Waals surface area (Å²) < 4.78 is 1.01. The van der Waals surface area contributed by atoms with Crippen molar-refractivity contribution in [1.82, 2.24) is 0 Å². The summed E-state index contributed by atoms with van der Waals surface area (Å²) in [5.74, 6) is -0.0616. The minimum absolute atomic E-state index is 0.0616. The van der Waals surface area contributed by atoms with E-state index in [1.807, 2.05) is 53.7 Å². The lowest BCUT2D eigenvalue weighted by atomic mass is 9.74. The third kappa shape index (κ3) is 3.37. The van der Waals surface area contributed by atoms with E-state index in [1.165, 1.54) is 0 Å². The molecule has 0 radical (unpaired) electrons. The van der Waals surface area contributed by atoms with Gasteiger partial charge in [-0.05, 0) is 64.8 Å². The van der Waals surface area contributed by atoms with E-state index < -0.39 is 11.0 Å². The molecule has 0 unspecified atom stereocenters. The van der Waals surface area contributed by atoms with Gasteiger partial charge in [0.1, 0.15) is 0 Å². The van der Waals surface area contributed by atoms with E-state index in [0.717, 1.165) is 21.3 Å². The highest BCUT2D eigenvalue weighted by Crippen LogP contribution is 2.32. The van der Waals surface area contributed by atoms with Crippen molar-refractivity contribution in [2.24, 2.45) is 11.1 Å². The second-order valence-corrected chi connectivity index (χ2v) is 7.13. The smallest absolute Gasteiger partial charge is 0.231 e. The lowest BCUT2D eigenvalue weighted by Gasteiger charge is -2.37. The van der Waals surface area contributed by atoms with Gasteiger partial charge < -0.3 is 11.1 Å². The first-order valence-electron chi connectivity index (χ1n) is 6.34. The highest BCUT2D eigenvalue weighted by molar-refractivity contribution is 9.10. The molecule has 1 aromatic rings. The van der Waals surface area contributed by atoms with Crippen molar-refractivity contribution in [2.75, 3.05) is 5.32 Å². The topological polar surface area (TPSA) is 55.1 Å². The number of benzene rings is 1. The van der Waals surface area contributed by atoms with Gasteiger partial charge >= 0.3 is 0 Å². The van der Waals surface area contributed by atoms with Crippen molar-refractivity contribution in [3.8, 4) is 0 Å². The minimum Gasteiger partial charge on any atom is -0.325 e. The molecule has 1 amide bonds. The second kappa shape index (κ2) is 5.25. The first-order valence-corrected chi connectivity index (χ1v) is 7.13. The van der Waals surface area contributed by atoms with Gasteiger partial charge in [-0.3, -0.25) is 4.79 Å². The Morgan fingerprint density at radius 2 is 1.58 bits per heavy atom. The van der Waals surface area contributed by atoms with Gasteiger partial charge in [0.15, 0.2) is 0 Å². The van der Waals surface area contributed by atoms with Crippen LogP contribution < -0.4 is 11.1 Å². The first kappa shape index (κ1) is 16.2. The van der Waals surface area contributed by atoms with Crippen LogP contribution in [0.5, 0.6) is 0 Å². The van der Waals surface area contributed by atoms with Gasteiger partial charge in [-0.1, -0.05) is 15.9 Å². The molecule has 19 heavy (non-hydrogen) atoms. The molecule has 0 saturated carbocycles. The van der Waals surface area contributed by atoms with E-state index in [0.29, 0.717) is 0 Å². The van der Waals surface area contributed by atoms with Crippen molar-refractivity contribution >= 4 is 27.5 Å². The molecule has 0 atom stereocenters. The number of rotatable bonds is 3. The summed E-state index contributed by atoms with van der Waals surface area (Å²) in [5.41, 5.74) is 7.79. The molecule has 0 aliphatic heterocycles. The highest BCUT2D eigenvalue weighted by Gasteiger charge is 2.40. The molecule has 0 bridgehead atoms. The number of nitrogens with one attached hydrogen (secondary N) is 1. The van der Waals surface area contributed by atoms with E-state index in [2.05, 4.69) is 21.2 Å². The van der Waals surface area contributed by atoms with Crippen LogP contribution in [0.15, 0.2) is 16.6 Å². The average molecular weight is 327 g/mol. The van der Waals surface area contributed by atoms with Crippen molar-refractivity contribution in [2.45, 2.75) is 47.1 Å². The van der Waals surface area contributed by atoms with Gasteiger partial charge in [0, 0.05) is 15.7 Å². The van der Waals surface area contributed by atoms with Crippen LogP contribution in [0.25, 0.3) is 0 Å². The molecule has 3 nitrogen and oxygen atoms in total. The lowest BCUT2D eigenvalue weighted by molar-refractivity contribution is -0.126. The molecule has 0 fully saturated rings. The van der Waals surface area contributed by atoms with Crippen molar-refractivity contribution in [3.63, 3.8) is 0 Å². The van der Waals surface area contributed by atoms with Gasteiger partial charge in [-0.2, -0.15) is 0 Å². The first-order chi connectivity index (χ1) is 8.46. The van der Waals surface area contributed by atoms with E-state index >= 15 is 0 Å². The quantitative estimate of drug-likeness (QED) is 0.888. The van der Waals surface area contributed by atoms with Gasteiger partial charge in [-0.25, -0.2) is 0 Å². The zero-order valence-corrected chi connectivity index (χ0v) is 14.1. The predicted molar refractivity (Wildman–Crippen MR) is 84.3 cm³/mol. The SMILES string of the molecule is Cc1cc(Br)cc(C)c1NC(=O)C(C)(C)C(C)(C)N. The van der Waals surface area contributed by atoms with Gasteiger partial charge in [-0.15, -0.1) is 0 Å². The van der Waals surface area contributed by atoms with E-state index in [4.69, 9.17) is 5.73 Å². The molecular formula is C15H23BrN2O. The zero-order valence-electron chi connectivity index (χ0n) is 12.5. The van der Waals surface area contributed by atoms with Crippen LogP contribution in [0.3, 0.4) is 0 Å². The monoisotopic (exact) mass is 326 g/mol. The summed E-state index contributed by atoms with van der Waals surface area (Å²) in [7, 11) is 0. The van der Waals surface area contributed by atoms with Crippen LogP contribution >= 0.6 is 15.9 Å². The second-order valence-electron chi connectivity index (χ2n) is 6.22. The van der Waals surface area contributed by atoms with Crippen LogP contribution in [0.1, 0.15) is 38.8 Å². The maximum atomic E-state index is 12.5. The number of hydrogen-bond donors (Lipinski definition) is 2. The standard InChI is InChI=1S/C15H23BrN2O/c1-9-7-11(16)8-10(2)12(9)18-13(19)14(3,4)15(5,6)17/h7-8H,17H2,1-6H3,(H,18,19). The molecule has 4 heteroatoms. The largest absolute Gasteiger partial charge is 0.325 e. The number of anilines is 1. The predicted octanol–water partition coefficient (Wildman–Crippen LogP) is 3.77. The normalized spacial score (nSPS) is 12.4. The number of aryl methyl sites for hydroxylation is 2. The zero-order chi connectivity index (χ0) is 15.0. The Kier molecular flexibility index (Phi) is 4.47. The summed E-state index contributed by atoms with van der Waals surface area (Å²) in [6.07, 6.45) is 0. The number of amides is 1. The average Bonchev–Trinajstić information content (AvgIpc) is 2.21. The van der Waals surface area contributed by atoms with Crippen molar-refractivity contribution in [3.05, 3.63) is 27.7 Å². The summed E-state index contributed by atoms with van der Waals surface area (Å²) in [4.78, 5) is 12.5. The lowest BCUT2D eigenvalue weighted by Crippen LogP contribution is -2.53. The minimum atomic E-state index is -0.654. The number of hydrogen-bond acceptors (Lipinski definition) is 2. The summed E-state index contributed by atoms with van der Waals surface area (Å²) in [6, 6.07) is 3.98. The molecule has 0 saturated heterocycles. The van der Waals surface area contributed by atoms with Gasteiger partial charge in [0.25, 0.3) is 0 Å². The van der Waals surface area contributed by atoms with E-state index in [1.54, 1.807) is 0 Å². The fourth-order valence-electron chi connectivity index (χ4n) is 1.67. The maximum absolute atomic E-state index is 12.5. The Hall–Kier alpha value is -0.870. The number of nitrogens with two attached hydrogens (primary N) is 1. The van der Waals surface area contributed by atoms with Crippen LogP contribution in [0.4, 0.5) is 5.69 Å². The molecule has 0 aliphatic rings. The van der Waals surface area contributed by atoms with E-state index in [9.17, 15) is 4.79 Å². The molecule has 1 aromatic carbocycles. The molecule has 3 N–H and O–H groups in total. The molecule has 0 spiro atoms. The Bertz CT molecular complexity index is 478. The van der Waals surface area contributed by atoms with Crippen molar-refractivity contribution in [1.29, 1.82) is 0 Å². The summed E-state index contributed by atoms with van der Waals surface area (Å²) >= 11 is 3.45. The Balaban J connectivity index is 3.08. The highest BCUT2D eigenvalue weighted by atomic mass is 79.9. The molecule has 1 rings (SSSR count). The molecule has 0 heterocycles. The number of carbonyl (C=O) groups is 1. The molecule has 0 aromatic heterocycles. The number of carbonyl (C=O) groups excluding carboxylic acids is 1. The third-order valence-corrected chi connectivity index (χ3v) is 4.37. The third-order valence-electron chi connectivity index (χ3n) is 3.91. The fourth-order valence-corrected chi connectivity index (χ4v) is 2.36. The number of halogens is 1. The van der Waals surface area contributed by atoms with Crippen LogP contribution in [-0.2, 0) is 4.79 Å². The Morgan fingerprint density at radius 1 is 1.16 bits per heavy atom.